The first-order chi connectivity index (χ1) is 8.91. The number of ether oxygens (including phenoxy) is 1. The molecule has 0 unspecified atom stereocenters. The lowest BCUT2D eigenvalue weighted by atomic mass is 9.78. The van der Waals surface area contributed by atoms with Gasteiger partial charge in [-0.2, -0.15) is 5.26 Å². The van der Waals surface area contributed by atoms with E-state index in [1.54, 1.807) is 6.07 Å². The molecular weight excluding hydrogens is 270 g/mol. The minimum absolute atomic E-state index is 0.140. The average Bonchev–Trinajstić information content (AvgIpc) is 2.36. The molecule has 1 amide bonds. The fourth-order valence-corrected chi connectivity index (χ4v) is 2.08. The van der Waals surface area contributed by atoms with Gasteiger partial charge in [-0.05, 0) is 18.3 Å². The largest absolute Gasteiger partial charge is 0.467 e. The molecule has 1 rings (SSSR count). The molecule has 0 aromatic rings. The summed E-state index contributed by atoms with van der Waals surface area (Å²) >= 11 is 4.79. The number of methoxy groups -OCH3 is 1. The van der Waals surface area contributed by atoms with Crippen molar-refractivity contribution in [1.29, 1.82) is 5.26 Å². The van der Waals surface area contributed by atoms with E-state index in [-0.39, 0.29) is 5.11 Å². The summed E-state index contributed by atoms with van der Waals surface area (Å²) < 4.78 is 4.59. The van der Waals surface area contributed by atoms with Gasteiger partial charge in [-0.3, -0.25) is 9.59 Å². The van der Waals surface area contributed by atoms with Crippen LogP contribution >= 0.6 is 12.2 Å². The summed E-state index contributed by atoms with van der Waals surface area (Å²) in [4.78, 5) is 35.2. The molecule has 0 bridgehead atoms. The van der Waals surface area contributed by atoms with Crippen molar-refractivity contribution in [3.63, 3.8) is 0 Å². The van der Waals surface area contributed by atoms with Crippen LogP contribution in [0.2, 0.25) is 0 Å². The molecule has 2 N–H and O–H groups in total. The minimum Gasteiger partial charge on any atom is -0.467 e. The Morgan fingerprint density at radius 2 is 2.32 bits per heavy atom. The van der Waals surface area contributed by atoms with Crippen molar-refractivity contribution in [3.05, 3.63) is 12.7 Å². The number of hydrogen-bond donors (Lipinski definition) is 2. The van der Waals surface area contributed by atoms with Gasteiger partial charge < -0.3 is 15.4 Å². The number of ketones is 1. The first kappa shape index (κ1) is 14.8. The van der Waals surface area contributed by atoms with E-state index in [9.17, 15) is 14.4 Å². The van der Waals surface area contributed by atoms with Crippen molar-refractivity contribution >= 4 is 35.0 Å². The number of nitrogens with zero attached hydrogens (tertiary/aromatic N) is 1. The van der Waals surface area contributed by atoms with E-state index in [0.29, 0.717) is 0 Å². The van der Waals surface area contributed by atoms with Crippen molar-refractivity contribution in [3.8, 4) is 6.07 Å². The second-order valence-corrected chi connectivity index (χ2v) is 4.22. The van der Waals surface area contributed by atoms with E-state index >= 15 is 0 Å². The van der Waals surface area contributed by atoms with Crippen LogP contribution in [0.15, 0.2) is 12.7 Å². The van der Waals surface area contributed by atoms with Crippen LogP contribution < -0.4 is 10.6 Å². The van der Waals surface area contributed by atoms with Gasteiger partial charge in [-0.15, -0.1) is 0 Å². The highest BCUT2D eigenvalue weighted by Gasteiger charge is 2.55. The van der Waals surface area contributed by atoms with Crippen LogP contribution in [0.1, 0.15) is 6.42 Å². The molecule has 1 aliphatic heterocycles. The predicted molar refractivity (Wildman–Crippen MR) is 67.5 cm³/mol. The van der Waals surface area contributed by atoms with Crippen molar-refractivity contribution < 1.29 is 19.1 Å². The number of carbonyl (C=O) groups excluding carboxylic acids is 3. The maximum atomic E-state index is 11.9. The van der Waals surface area contributed by atoms with Crippen LogP contribution in [0, 0.1) is 17.2 Å². The van der Waals surface area contributed by atoms with Gasteiger partial charge in [0.05, 0.1) is 13.2 Å². The zero-order valence-corrected chi connectivity index (χ0v) is 10.9. The highest BCUT2D eigenvalue weighted by atomic mass is 32.1. The summed E-state index contributed by atoms with van der Waals surface area (Å²) in [6.45, 7) is 3.29. The first-order valence-corrected chi connectivity index (χ1v) is 5.58. The van der Waals surface area contributed by atoms with Gasteiger partial charge in [0, 0.05) is 6.42 Å². The molecule has 1 heterocycles. The molecule has 0 saturated carbocycles. The quantitative estimate of drug-likeness (QED) is 0.394. The first-order valence-electron chi connectivity index (χ1n) is 5.17. The second kappa shape index (κ2) is 5.58. The number of hydrogen-bond acceptors (Lipinski definition) is 6. The van der Waals surface area contributed by atoms with Crippen molar-refractivity contribution in [1.82, 2.24) is 10.6 Å². The number of nitriles is 1. The second-order valence-electron chi connectivity index (χ2n) is 3.82. The summed E-state index contributed by atoms with van der Waals surface area (Å²) in [5, 5.41) is 13.7. The molecule has 7 nitrogen and oxygen atoms in total. The van der Waals surface area contributed by atoms with Crippen molar-refractivity contribution in [2.45, 2.75) is 12.0 Å². The Bertz CT molecular complexity index is 511. The SMILES string of the molecule is C=CC(=O)C[C@]1(C(=O)OC)NC(=S)NC(=O)[C@@H]1C#N. The third-order valence-corrected chi connectivity index (χ3v) is 2.89. The average molecular weight is 281 g/mol. The molecule has 8 heteroatoms. The smallest absolute Gasteiger partial charge is 0.334 e. The number of esters is 1. The zero-order valence-electron chi connectivity index (χ0n) is 10.1. The molecule has 19 heavy (non-hydrogen) atoms. The maximum absolute atomic E-state index is 11.9. The molecule has 0 aromatic heterocycles. The fourth-order valence-electron chi connectivity index (χ4n) is 1.80. The molecular formula is C11H11N3O4S. The van der Waals surface area contributed by atoms with Gasteiger partial charge in [0.1, 0.15) is 0 Å². The maximum Gasteiger partial charge on any atom is 0.334 e. The number of thiocarbonyl (C=S) groups is 1. The molecule has 0 aromatic carbocycles. The van der Waals surface area contributed by atoms with E-state index in [1.807, 2.05) is 0 Å². The van der Waals surface area contributed by atoms with Crippen molar-refractivity contribution in [2.24, 2.45) is 5.92 Å². The lowest BCUT2D eigenvalue weighted by Gasteiger charge is -2.38. The number of nitrogens with one attached hydrogen (secondary N) is 2. The molecule has 0 spiro atoms. The number of rotatable bonds is 4. The third kappa shape index (κ3) is 2.61. The van der Waals surface area contributed by atoms with Crippen LogP contribution in [0.3, 0.4) is 0 Å². The van der Waals surface area contributed by atoms with Gasteiger partial charge >= 0.3 is 5.97 Å². The molecule has 0 radical (unpaired) electrons. The summed E-state index contributed by atoms with van der Waals surface area (Å²) in [6, 6.07) is 1.69. The van der Waals surface area contributed by atoms with Crippen LogP contribution in [0.4, 0.5) is 0 Å². The molecule has 1 saturated heterocycles. The van der Waals surface area contributed by atoms with Gasteiger partial charge in [-0.1, -0.05) is 6.58 Å². The molecule has 100 valence electrons. The molecule has 2 atom stereocenters. The Morgan fingerprint density at radius 1 is 1.68 bits per heavy atom. The van der Waals surface area contributed by atoms with Crippen LogP contribution in [0.5, 0.6) is 0 Å². The Morgan fingerprint density at radius 3 is 2.79 bits per heavy atom. The zero-order chi connectivity index (χ0) is 14.6. The lowest BCUT2D eigenvalue weighted by Crippen LogP contribution is -2.70. The van der Waals surface area contributed by atoms with Gasteiger partial charge in [-0.25, -0.2) is 4.79 Å². The highest BCUT2D eigenvalue weighted by Crippen LogP contribution is 2.27. The van der Waals surface area contributed by atoms with Gasteiger partial charge in [0.25, 0.3) is 0 Å². The number of carbonyl (C=O) groups is 3. The van der Waals surface area contributed by atoms with Crippen LogP contribution in [-0.4, -0.2) is 35.4 Å². The summed E-state index contributed by atoms with van der Waals surface area (Å²) in [7, 11) is 1.09. The Hall–Kier alpha value is -2.27. The van der Waals surface area contributed by atoms with E-state index in [4.69, 9.17) is 17.5 Å². The molecule has 0 aliphatic carbocycles. The minimum atomic E-state index is -1.83. The standard InChI is InChI=1S/C11H11N3O4S/c1-3-6(15)4-11(9(17)18-2)7(5-12)8(16)13-10(19)14-11/h3,7H,1,4H2,2H3,(H2,13,14,16,19)/t7-,11-/m0/s1. The normalized spacial score (nSPS) is 25.6. The third-order valence-electron chi connectivity index (χ3n) is 2.69. The van der Waals surface area contributed by atoms with E-state index < -0.39 is 35.5 Å². The Balaban J connectivity index is 3.33. The number of allylic oxidation sites excluding steroid dienone is 1. The predicted octanol–water partition coefficient (Wildman–Crippen LogP) is -0.813. The van der Waals surface area contributed by atoms with Crippen molar-refractivity contribution in [2.75, 3.05) is 7.11 Å². The number of amides is 1. The van der Waals surface area contributed by atoms with Crippen LogP contribution in [0.25, 0.3) is 0 Å². The van der Waals surface area contributed by atoms with E-state index in [1.165, 1.54) is 0 Å². The van der Waals surface area contributed by atoms with E-state index in [2.05, 4.69) is 21.9 Å². The monoisotopic (exact) mass is 281 g/mol. The van der Waals surface area contributed by atoms with Crippen LogP contribution in [-0.2, 0) is 19.1 Å². The summed E-state index contributed by atoms with van der Waals surface area (Å²) in [6.07, 6.45) is 0.547. The van der Waals surface area contributed by atoms with E-state index in [0.717, 1.165) is 13.2 Å². The Kier molecular flexibility index (Phi) is 4.34. The van der Waals surface area contributed by atoms with Gasteiger partial charge in [0.15, 0.2) is 22.4 Å². The van der Waals surface area contributed by atoms with Gasteiger partial charge in [0.2, 0.25) is 5.91 Å². The fraction of sp³-hybridized carbons (Fsp3) is 0.364. The summed E-state index contributed by atoms with van der Waals surface area (Å²) in [5.74, 6) is -3.62. The summed E-state index contributed by atoms with van der Waals surface area (Å²) in [5.41, 5.74) is -1.83. The highest BCUT2D eigenvalue weighted by molar-refractivity contribution is 7.80. The lowest BCUT2D eigenvalue weighted by molar-refractivity contribution is -0.154. The topological polar surface area (TPSA) is 108 Å². The molecule has 1 fully saturated rings. The Labute approximate surface area is 114 Å². The molecule has 1 aliphatic rings.